The maximum atomic E-state index is 5.87. The molecule has 0 amide bonds. The predicted molar refractivity (Wildman–Crippen MR) is 76.4 cm³/mol. The Morgan fingerprint density at radius 3 is 2.90 bits per heavy atom. The number of oxazole rings is 1. The monoisotopic (exact) mass is 272 g/mol. The topological polar surface area (TPSA) is 38.5 Å². The summed E-state index contributed by atoms with van der Waals surface area (Å²) >= 11 is 0. The van der Waals surface area contributed by atoms with Crippen molar-refractivity contribution in [3.63, 3.8) is 0 Å². The van der Waals surface area contributed by atoms with E-state index in [1.165, 1.54) is 5.56 Å². The lowest BCUT2D eigenvalue weighted by Crippen LogP contribution is -2.42. The Morgan fingerprint density at radius 2 is 2.15 bits per heavy atom. The van der Waals surface area contributed by atoms with E-state index in [4.69, 9.17) is 9.15 Å². The maximum Gasteiger partial charge on any atom is 0.191 e. The van der Waals surface area contributed by atoms with Gasteiger partial charge in [-0.05, 0) is 12.0 Å². The van der Waals surface area contributed by atoms with Gasteiger partial charge in [-0.1, -0.05) is 30.3 Å². The van der Waals surface area contributed by atoms with Gasteiger partial charge in [0.05, 0.1) is 18.4 Å². The Labute approximate surface area is 119 Å². The number of aryl methyl sites for hydroxylation is 1. The summed E-state index contributed by atoms with van der Waals surface area (Å²) in [7, 11) is 0. The fourth-order valence-corrected chi connectivity index (χ4v) is 2.63. The highest BCUT2D eigenvalue weighted by Crippen LogP contribution is 2.14. The molecule has 1 aromatic heterocycles. The average Bonchev–Trinajstić information content (AvgIpc) is 2.86. The van der Waals surface area contributed by atoms with Gasteiger partial charge in [0.1, 0.15) is 6.26 Å². The normalized spacial score (nSPS) is 20.1. The molecule has 2 heterocycles. The van der Waals surface area contributed by atoms with Crippen LogP contribution in [0.5, 0.6) is 0 Å². The number of aromatic nitrogens is 1. The quantitative estimate of drug-likeness (QED) is 0.857. The van der Waals surface area contributed by atoms with Gasteiger partial charge in [-0.15, -0.1) is 0 Å². The summed E-state index contributed by atoms with van der Waals surface area (Å²) in [5, 5.41) is 0. The van der Waals surface area contributed by atoms with Gasteiger partial charge < -0.3 is 9.15 Å². The van der Waals surface area contributed by atoms with Crippen molar-refractivity contribution in [1.29, 1.82) is 0 Å². The molecule has 20 heavy (non-hydrogen) atoms. The van der Waals surface area contributed by atoms with Crippen molar-refractivity contribution in [2.24, 2.45) is 0 Å². The van der Waals surface area contributed by atoms with E-state index in [2.05, 4.69) is 34.1 Å². The zero-order chi connectivity index (χ0) is 13.8. The molecular formula is C16H20N2O2. The Balaban J connectivity index is 1.56. The number of rotatable bonds is 4. The van der Waals surface area contributed by atoms with Gasteiger partial charge >= 0.3 is 0 Å². The molecule has 0 aliphatic carbocycles. The van der Waals surface area contributed by atoms with Crippen molar-refractivity contribution in [2.45, 2.75) is 26.0 Å². The third kappa shape index (κ3) is 3.46. The van der Waals surface area contributed by atoms with Crippen molar-refractivity contribution in [3.05, 3.63) is 53.7 Å². The lowest BCUT2D eigenvalue weighted by atomic mass is 10.1. The second kappa shape index (κ2) is 6.20. The van der Waals surface area contributed by atoms with Crippen LogP contribution < -0.4 is 0 Å². The van der Waals surface area contributed by atoms with Crippen LogP contribution in [0.1, 0.15) is 17.1 Å². The molecule has 0 radical (unpaired) electrons. The number of nitrogens with zero attached hydrogens (tertiary/aromatic N) is 2. The van der Waals surface area contributed by atoms with Crippen LogP contribution in [-0.2, 0) is 17.7 Å². The fourth-order valence-electron chi connectivity index (χ4n) is 2.63. The van der Waals surface area contributed by atoms with Crippen LogP contribution in [0, 0.1) is 6.92 Å². The molecule has 0 saturated carbocycles. The molecular weight excluding hydrogens is 252 g/mol. The lowest BCUT2D eigenvalue weighted by molar-refractivity contribution is -0.0308. The van der Waals surface area contributed by atoms with Crippen molar-refractivity contribution in [2.75, 3.05) is 19.7 Å². The molecule has 106 valence electrons. The van der Waals surface area contributed by atoms with Gasteiger partial charge in [-0.3, -0.25) is 4.90 Å². The Morgan fingerprint density at radius 1 is 1.30 bits per heavy atom. The first-order valence-electron chi connectivity index (χ1n) is 7.08. The average molecular weight is 272 g/mol. The van der Waals surface area contributed by atoms with Crippen LogP contribution in [0.2, 0.25) is 0 Å². The predicted octanol–water partition coefficient (Wildman–Crippen LogP) is 2.43. The lowest BCUT2D eigenvalue weighted by Gasteiger charge is -2.32. The number of benzene rings is 1. The number of morpholine rings is 1. The Hall–Kier alpha value is -1.65. The third-order valence-electron chi connectivity index (χ3n) is 3.58. The minimum absolute atomic E-state index is 0.263. The summed E-state index contributed by atoms with van der Waals surface area (Å²) in [6, 6.07) is 10.5. The van der Waals surface area contributed by atoms with Crippen molar-refractivity contribution >= 4 is 0 Å². The van der Waals surface area contributed by atoms with E-state index in [1.807, 2.05) is 13.0 Å². The fraction of sp³-hybridized carbons (Fsp3) is 0.438. The summed E-state index contributed by atoms with van der Waals surface area (Å²) in [5.74, 6) is 0.731. The summed E-state index contributed by atoms with van der Waals surface area (Å²) in [6.45, 7) is 5.40. The van der Waals surface area contributed by atoms with Crippen molar-refractivity contribution in [1.82, 2.24) is 9.88 Å². The summed E-state index contributed by atoms with van der Waals surface area (Å²) in [6.07, 6.45) is 2.98. The van der Waals surface area contributed by atoms with Gasteiger partial charge in [0.15, 0.2) is 5.89 Å². The van der Waals surface area contributed by atoms with E-state index in [0.717, 1.165) is 44.2 Å². The molecule has 0 spiro atoms. The molecule has 3 rings (SSSR count). The minimum Gasteiger partial charge on any atom is -0.449 e. The summed E-state index contributed by atoms with van der Waals surface area (Å²) in [5.41, 5.74) is 2.33. The van der Waals surface area contributed by atoms with Crippen LogP contribution in [0.25, 0.3) is 0 Å². The first-order valence-corrected chi connectivity index (χ1v) is 7.08. The van der Waals surface area contributed by atoms with E-state index in [-0.39, 0.29) is 6.10 Å². The molecule has 2 aromatic rings. The highest BCUT2D eigenvalue weighted by atomic mass is 16.5. The van der Waals surface area contributed by atoms with Gasteiger partial charge in [0, 0.05) is 26.6 Å². The van der Waals surface area contributed by atoms with Gasteiger partial charge in [0.25, 0.3) is 0 Å². The zero-order valence-corrected chi connectivity index (χ0v) is 11.8. The van der Waals surface area contributed by atoms with Crippen LogP contribution in [0.15, 0.2) is 41.0 Å². The second-order valence-corrected chi connectivity index (χ2v) is 5.28. The standard InChI is InChI=1S/C16H20N2O2/c1-13-17-15(12-20-13)10-18-7-8-19-16(11-18)9-14-5-3-2-4-6-14/h2-6,12,16H,7-11H2,1H3. The molecule has 1 aromatic carbocycles. The Bertz CT molecular complexity index is 538. The molecule has 4 nitrogen and oxygen atoms in total. The molecule has 1 unspecified atom stereocenters. The molecule has 1 saturated heterocycles. The largest absolute Gasteiger partial charge is 0.449 e. The van der Waals surface area contributed by atoms with Crippen LogP contribution in [0.3, 0.4) is 0 Å². The van der Waals surface area contributed by atoms with E-state index in [0.29, 0.717) is 0 Å². The van der Waals surface area contributed by atoms with Crippen LogP contribution in [0.4, 0.5) is 0 Å². The van der Waals surface area contributed by atoms with Gasteiger partial charge in [-0.25, -0.2) is 4.98 Å². The number of ether oxygens (including phenoxy) is 1. The Kier molecular flexibility index (Phi) is 4.14. The minimum atomic E-state index is 0.263. The van der Waals surface area contributed by atoms with Crippen LogP contribution >= 0.6 is 0 Å². The van der Waals surface area contributed by atoms with Crippen molar-refractivity contribution < 1.29 is 9.15 Å². The van der Waals surface area contributed by atoms with E-state index < -0.39 is 0 Å². The molecule has 0 N–H and O–H groups in total. The van der Waals surface area contributed by atoms with Crippen LogP contribution in [-0.4, -0.2) is 35.7 Å². The highest BCUT2D eigenvalue weighted by Gasteiger charge is 2.21. The van der Waals surface area contributed by atoms with Crippen molar-refractivity contribution in [3.8, 4) is 0 Å². The molecule has 1 fully saturated rings. The smallest absolute Gasteiger partial charge is 0.191 e. The summed E-state index contributed by atoms with van der Waals surface area (Å²) < 4.78 is 11.1. The molecule has 1 aliphatic heterocycles. The number of hydrogen-bond acceptors (Lipinski definition) is 4. The van der Waals surface area contributed by atoms with Gasteiger partial charge in [-0.2, -0.15) is 0 Å². The molecule has 0 bridgehead atoms. The third-order valence-corrected chi connectivity index (χ3v) is 3.58. The van der Waals surface area contributed by atoms with E-state index in [9.17, 15) is 0 Å². The maximum absolute atomic E-state index is 5.87. The first kappa shape index (κ1) is 13.3. The SMILES string of the molecule is Cc1nc(CN2CCOC(Cc3ccccc3)C2)co1. The molecule has 1 aliphatic rings. The molecule has 4 heteroatoms. The highest BCUT2D eigenvalue weighted by molar-refractivity contribution is 5.15. The molecule has 1 atom stereocenters. The van der Waals surface area contributed by atoms with E-state index in [1.54, 1.807) is 6.26 Å². The second-order valence-electron chi connectivity index (χ2n) is 5.28. The zero-order valence-electron chi connectivity index (χ0n) is 11.8. The summed E-state index contributed by atoms with van der Waals surface area (Å²) in [4.78, 5) is 6.75. The first-order chi connectivity index (χ1) is 9.79. The van der Waals surface area contributed by atoms with E-state index >= 15 is 0 Å². The number of hydrogen-bond donors (Lipinski definition) is 0. The van der Waals surface area contributed by atoms with Gasteiger partial charge in [0.2, 0.25) is 0 Å².